The molecule has 0 spiro atoms. The van der Waals surface area contributed by atoms with Crippen LogP contribution in [0.1, 0.15) is 37.9 Å². The van der Waals surface area contributed by atoms with Gasteiger partial charge in [0.15, 0.2) is 4.80 Å². The molecule has 212 valence electrons. The maximum absolute atomic E-state index is 14.2. The summed E-state index contributed by atoms with van der Waals surface area (Å²) >= 11 is 1.31. The number of aromatic nitrogens is 2. The molecule has 41 heavy (non-hydrogen) atoms. The Morgan fingerprint density at radius 3 is 2.59 bits per heavy atom. The predicted octanol–water partition coefficient (Wildman–Crippen LogP) is 4.26. The van der Waals surface area contributed by atoms with Crippen molar-refractivity contribution in [1.29, 1.82) is 0 Å². The number of hydrogen-bond donors (Lipinski definition) is 0. The van der Waals surface area contributed by atoms with E-state index in [-0.39, 0.29) is 11.5 Å². The van der Waals surface area contributed by atoms with Gasteiger partial charge in [0, 0.05) is 47.9 Å². The molecule has 0 bridgehead atoms. The molecule has 8 nitrogen and oxygen atoms in total. The Labute approximate surface area is 242 Å². The standard InChI is InChI=1S/C32H34N4O4S/c1-7-16-35-19-21(23-12-10-11-13-25(23)35)17-27-30(37)36-29(24-18-22(39-5)14-15-26(24)40-6)28(20(4)33-32(36)41-27)31(38)34(8-2)9-3/h7,10-15,17-19,29H,1,8-9,16H2,2-6H3/b27-17+/t29-/m1/s1. The van der Waals surface area contributed by atoms with E-state index in [2.05, 4.69) is 17.2 Å². The maximum Gasteiger partial charge on any atom is 0.271 e. The van der Waals surface area contributed by atoms with Crippen molar-refractivity contribution >= 4 is 34.2 Å². The number of rotatable bonds is 9. The number of benzene rings is 2. The van der Waals surface area contributed by atoms with Gasteiger partial charge >= 0.3 is 0 Å². The van der Waals surface area contributed by atoms with E-state index in [1.165, 1.54) is 11.3 Å². The third-order valence-electron chi connectivity index (χ3n) is 7.47. The van der Waals surface area contributed by atoms with Gasteiger partial charge in [-0.1, -0.05) is 35.6 Å². The molecular formula is C32H34N4O4S. The van der Waals surface area contributed by atoms with E-state index in [1.807, 2.05) is 63.4 Å². The van der Waals surface area contributed by atoms with Crippen LogP contribution in [0.2, 0.25) is 0 Å². The normalized spacial score (nSPS) is 15.0. The Morgan fingerprint density at radius 2 is 1.90 bits per heavy atom. The van der Waals surface area contributed by atoms with Crippen molar-refractivity contribution in [2.45, 2.75) is 33.4 Å². The lowest BCUT2D eigenvalue weighted by molar-refractivity contribution is -0.127. The van der Waals surface area contributed by atoms with Gasteiger partial charge in [0.2, 0.25) is 0 Å². The number of hydrogen-bond acceptors (Lipinski definition) is 6. The average molecular weight is 571 g/mol. The molecule has 1 atom stereocenters. The SMILES string of the molecule is C=CCn1cc(/C=c2/sc3n(c2=O)[C@H](c2cc(OC)ccc2OC)C(C(=O)N(CC)CC)=C(C)N=3)c2ccccc21. The van der Waals surface area contributed by atoms with Crippen LogP contribution in [-0.4, -0.2) is 47.3 Å². The van der Waals surface area contributed by atoms with Crippen molar-refractivity contribution in [2.24, 2.45) is 4.99 Å². The quantitative estimate of drug-likeness (QED) is 0.282. The fraction of sp³-hybridized carbons (Fsp3) is 0.281. The van der Waals surface area contributed by atoms with E-state index >= 15 is 0 Å². The van der Waals surface area contributed by atoms with Crippen LogP contribution < -0.4 is 24.4 Å². The van der Waals surface area contributed by atoms with E-state index < -0.39 is 6.04 Å². The molecule has 2 aromatic carbocycles. The van der Waals surface area contributed by atoms with Gasteiger partial charge in [-0.25, -0.2) is 4.99 Å². The second-order valence-electron chi connectivity index (χ2n) is 9.71. The number of allylic oxidation sites excluding steroid dienone is 2. The molecule has 0 saturated carbocycles. The molecule has 0 N–H and O–H groups in total. The van der Waals surface area contributed by atoms with E-state index in [0.717, 1.165) is 16.5 Å². The molecule has 0 fully saturated rings. The molecule has 0 unspecified atom stereocenters. The van der Waals surface area contributed by atoms with Crippen molar-refractivity contribution in [3.05, 3.63) is 103 Å². The van der Waals surface area contributed by atoms with Crippen molar-refractivity contribution in [3.8, 4) is 11.5 Å². The number of ether oxygens (including phenoxy) is 2. The number of fused-ring (bicyclic) bond motifs is 2. The Balaban J connectivity index is 1.79. The summed E-state index contributed by atoms with van der Waals surface area (Å²) in [5.41, 5.74) is 3.45. The van der Waals surface area contributed by atoms with Crippen LogP contribution >= 0.6 is 11.3 Å². The maximum atomic E-state index is 14.2. The zero-order valence-corrected chi connectivity index (χ0v) is 24.8. The zero-order valence-electron chi connectivity index (χ0n) is 24.0. The summed E-state index contributed by atoms with van der Waals surface area (Å²) in [5, 5.41) is 1.04. The molecule has 0 radical (unpaired) electrons. The van der Waals surface area contributed by atoms with E-state index in [1.54, 1.807) is 35.8 Å². The summed E-state index contributed by atoms with van der Waals surface area (Å²) in [7, 11) is 3.17. The van der Waals surface area contributed by atoms with Crippen LogP contribution in [0.25, 0.3) is 17.0 Å². The molecule has 5 rings (SSSR count). The van der Waals surface area contributed by atoms with Crippen molar-refractivity contribution < 1.29 is 14.3 Å². The van der Waals surface area contributed by atoms with Crippen molar-refractivity contribution in [3.63, 3.8) is 0 Å². The lowest BCUT2D eigenvalue weighted by atomic mass is 9.93. The molecule has 3 heterocycles. The highest BCUT2D eigenvalue weighted by Crippen LogP contribution is 2.38. The summed E-state index contributed by atoms with van der Waals surface area (Å²) in [6, 6.07) is 12.8. The lowest BCUT2D eigenvalue weighted by Crippen LogP contribution is -2.43. The Hall–Kier alpha value is -4.37. The number of para-hydroxylation sites is 1. The highest BCUT2D eigenvalue weighted by atomic mass is 32.1. The summed E-state index contributed by atoms with van der Waals surface area (Å²) in [4.78, 5) is 35.3. The summed E-state index contributed by atoms with van der Waals surface area (Å²) in [5.74, 6) is 0.993. The smallest absolute Gasteiger partial charge is 0.271 e. The van der Waals surface area contributed by atoms with Crippen LogP contribution in [0.5, 0.6) is 11.5 Å². The molecule has 1 aliphatic heterocycles. The van der Waals surface area contributed by atoms with E-state index in [0.29, 0.717) is 57.3 Å². The first-order valence-corrected chi connectivity index (χ1v) is 14.4. The number of likely N-dealkylation sites (N-methyl/N-ethyl adjacent to an activating group) is 1. The van der Waals surface area contributed by atoms with Gasteiger partial charge in [0.25, 0.3) is 11.5 Å². The lowest BCUT2D eigenvalue weighted by Gasteiger charge is -2.30. The summed E-state index contributed by atoms with van der Waals surface area (Å²) in [6.07, 6.45) is 5.80. The average Bonchev–Trinajstić information content (AvgIpc) is 3.49. The molecular weight excluding hydrogens is 536 g/mol. The fourth-order valence-corrected chi connectivity index (χ4v) is 6.48. The van der Waals surface area contributed by atoms with Crippen LogP contribution in [0.15, 0.2) is 82.4 Å². The molecule has 4 aromatic rings. The van der Waals surface area contributed by atoms with Crippen LogP contribution in [0.4, 0.5) is 0 Å². The van der Waals surface area contributed by atoms with Crippen LogP contribution in [-0.2, 0) is 11.3 Å². The molecule has 2 aromatic heterocycles. The Bertz CT molecular complexity index is 1860. The largest absolute Gasteiger partial charge is 0.497 e. The van der Waals surface area contributed by atoms with Crippen molar-refractivity contribution in [2.75, 3.05) is 27.3 Å². The first kappa shape index (κ1) is 28.2. The molecule has 1 aliphatic rings. The first-order chi connectivity index (χ1) is 19.9. The zero-order chi connectivity index (χ0) is 29.3. The molecule has 0 saturated heterocycles. The minimum atomic E-state index is -0.742. The van der Waals surface area contributed by atoms with Crippen LogP contribution in [0, 0.1) is 0 Å². The van der Waals surface area contributed by atoms with Gasteiger partial charge in [-0.15, -0.1) is 6.58 Å². The highest BCUT2D eigenvalue weighted by molar-refractivity contribution is 7.07. The van der Waals surface area contributed by atoms with Gasteiger partial charge < -0.3 is 18.9 Å². The number of carbonyl (C=O) groups excluding carboxylic acids is 1. The second kappa shape index (κ2) is 11.6. The third kappa shape index (κ3) is 4.91. The van der Waals surface area contributed by atoms with Crippen LogP contribution in [0.3, 0.4) is 0 Å². The number of methoxy groups -OCH3 is 2. The topological polar surface area (TPSA) is 78.1 Å². The van der Waals surface area contributed by atoms with Gasteiger partial charge in [-0.3, -0.25) is 14.2 Å². The first-order valence-electron chi connectivity index (χ1n) is 13.6. The molecule has 1 amide bonds. The van der Waals surface area contributed by atoms with Gasteiger partial charge in [0.05, 0.1) is 30.0 Å². The van der Waals surface area contributed by atoms with Gasteiger partial charge in [-0.2, -0.15) is 0 Å². The minimum Gasteiger partial charge on any atom is -0.497 e. The number of carbonyl (C=O) groups is 1. The minimum absolute atomic E-state index is 0.159. The second-order valence-corrected chi connectivity index (χ2v) is 10.7. The Kier molecular flexibility index (Phi) is 7.99. The molecule has 9 heteroatoms. The number of amides is 1. The summed E-state index contributed by atoms with van der Waals surface area (Å²) in [6.45, 7) is 11.3. The van der Waals surface area contributed by atoms with Gasteiger partial charge in [-0.05, 0) is 51.1 Å². The number of nitrogens with zero attached hydrogens (tertiary/aromatic N) is 4. The number of thiazole rings is 1. The fourth-order valence-electron chi connectivity index (χ4n) is 5.45. The van der Waals surface area contributed by atoms with Gasteiger partial charge in [0.1, 0.15) is 17.5 Å². The van der Waals surface area contributed by atoms with Crippen molar-refractivity contribution in [1.82, 2.24) is 14.0 Å². The molecule has 0 aliphatic carbocycles. The predicted molar refractivity (Wildman–Crippen MR) is 163 cm³/mol. The van der Waals surface area contributed by atoms with E-state index in [9.17, 15) is 9.59 Å². The third-order valence-corrected chi connectivity index (χ3v) is 8.45. The highest BCUT2D eigenvalue weighted by Gasteiger charge is 2.36. The Morgan fingerprint density at radius 1 is 1.15 bits per heavy atom. The van der Waals surface area contributed by atoms with E-state index in [4.69, 9.17) is 14.5 Å². The monoisotopic (exact) mass is 570 g/mol. The summed E-state index contributed by atoms with van der Waals surface area (Å²) < 4.78 is 15.5.